The second-order valence-electron chi connectivity index (χ2n) is 4.70. The van der Waals surface area contributed by atoms with Crippen LogP contribution in [0.1, 0.15) is 12.7 Å². The molecule has 0 bridgehead atoms. The molecule has 0 spiro atoms. The molecule has 1 heterocycles. The van der Waals surface area contributed by atoms with Crippen molar-refractivity contribution in [3.05, 3.63) is 11.9 Å². The van der Waals surface area contributed by atoms with Gasteiger partial charge in [-0.15, -0.1) is 0 Å². The summed E-state index contributed by atoms with van der Waals surface area (Å²) >= 11 is 0. The predicted octanol–water partition coefficient (Wildman–Crippen LogP) is 1.15. The second-order valence-corrected chi connectivity index (χ2v) is 4.70. The fourth-order valence-corrected chi connectivity index (χ4v) is 2.03. The van der Waals surface area contributed by atoms with Gasteiger partial charge in [-0.25, -0.2) is 9.97 Å². The van der Waals surface area contributed by atoms with Crippen molar-refractivity contribution in [3.63, 3.8) is 0 Å². The molecule has 0 aliphatic rings. The largest absolute Gasteiger partial charge is 0.383 e. The van der Waals surface area contributed by atoms with Crippen LogP contribution in [0.15, 0.2) is 6.07 Å². The van der Waals surface area contributed by atoms with Gasteiger partial charge in [-0.05, 0) is 6.92 Å². The molecule has 21 heavy (non-hydrogen) atoms. The number of aromatic nitrogens is 2. The van der Waals surface area contributed by atoms with Gasteiger partial charge in [0, 0.05) is 41.0 Å². The Morgan fingerprint density at radius 2 is 1.95 bits per heavy atom. The Balaban J connectivity index is 3.05. The van der Waals surface area contributed by atoms with Gasteiger partial charge in [-0.1, -0.05) is 0 Å². The minimum Gasteiger partial charge on any atom is -0.383 e. The molecule has 1 unspecified atom stereocenters. The third-order valence-electron chi connectivity index (χ3n) is 3.06. The van der Waals surface area contributed by atoms with Gasteiger partial charge >= 0.3 is 0 Å². The molecule has 0 aromatic carbocycles. The van der Waals surface area contributed by atoms with Crippen molar-refractivity contribution in [2.75, 3.05) is 58.4 Å². The maximum absolute atomic E-state index is 5.25. The van der Waals surface area contributed by atoms with E-state index in [1.807, 2.05) is 13.1 Å². The molecule has 7 nitrogen and oxygen atoms in total. The summed E-state index contributed by atoms with van der Waals surface area (Å²) in [7, 11) is 6.85. The van der Waals surface area contributed by atoms with Crippen molar-refractivity contribution in [2.45, 2.75) is 19.6 Å². The highest BCUT2D eigenvalue weighted by atomic mass is 16.5. The zero-order valence-corrected chi connectivity index (χ0v) is 13.5. The van der Waals surface area contributed by atoms with E-state index in [1.54, 1.807) is 21.3 Å². The maximum Gasteiger partial charge on any atom is 0.158 e. The number of hydrogen-bond donors (Lipinski definition) is 1. The van der Waals surface area contributed by atoms with E-state index in [1.165, 1.54) is 0 Å². The predicted molar refractivity (Wildman–Crippen MR) is 82.9 cm³/mol. The summed E-state index contributed by atoms with van der Waals surface area (Å²) in [5, 5.41) is 3.05. The molecule has 1 N–H and O–H groups in total. The molecule has 1 atom stereocenters. The first kappa shape index (κ1) is 17.6. The van der Waals surface area contributed by atoms with Gasteiger partial charge in [-0.2, -0.15) is 0 Å². The first-order chi connectivity index (χ1) is 10.2. The minimum absolute atomic E-state index is 0.181. The van der Waals surface area contributed by atoms with Crippen molar-refractivity contribution in [1.29, 1.82) is 0 Å². The van der Waals surface area contributed by atoms with Gasteiger partial charge in [-0.3, -0.25) is 0 Å². The summed E-state index contributed by atoms with van der Waals surface area (Å²) in [6, 6.07) is 2.10. The number of anilines is 2. The van der Waals surface area contributed by atoms with Crippen molar-refractivity contribution >= 4 is 11.6 Å². The molecule has 0 aliphatic carbocycles. The van der Waals surface area contributed by atoms with E-state index in [-0.39, 0.29) is 6.04 Å². The van der Waals surface area contributed by atoms with Crippen LogP contribution >= 0.6 is 0 Å². The molecule has 1 rings (SSSR count). The molecule has 0 saturated heterocycles. The van der Waals surface area contributed by atoms with Crippen LogP contribution in [-0.2, 0) is 20.8 Å². The lowest BCUT2D eigenvalue weighted by Gasteiger charge is -2.30. The van der Waals surface area contributed by atoms with Crippen LogP contribution in [0.2, 0.25) is 0 Å². The van der Waals surface area contributed by atoms with Crippen LogP contribution in [0.25, 0.3) is 0 Å². The summed E-state index contributed by atoms with van der Waals surface area (Å²) in [6.07, 6.45) is 0. The molecule has 0 aliphatic heterocycles. The lowest BCUT2D eigenvalue weighted by Crippen LogP contribution is -2.39. The van der Waals surface area contributed by atoms with Crippen LogP contribution in [-0.4, -0.2) is 64.1 Å². The van der Waals surface area contributed by atoms with Crippen LogP contribution in [0, 0.1) is 0 Å². The fourth-order valence-electron chi connectivity index (χ4n) is 2.03. The van der Waals surface area contributed by atoms with E-state index in [9.17, 15) is 0 Å². The smallest absolute Gasteiger partial charge is 0.158 e. The van der Waals surface area contributed by atoms with Gasteiger partial charge in [0.05, 0.1) is 19.3 Å². The van der Waals surface area contributed by atoms with Crippen molar-refractivity contribution in [1.82, 2.24) is 9.97 Å². The number of rotatable bonds is 10. The lowest BCUT2D eigenvalue weighted by atomic mass is 10.3. The molecule has 1 aromatic heterocycles. The van der Waals surface area contributed by atoms with E-state index in [0.717, 1.165) is 18.2 Å². The van der Waals surface area contributed by atoms with Crippen LogP contribution in [0.4, 0.5) is 11.6 Å². The number of ether oxygens (including phenoxy) is 3. The van der Waals surface area contributed by atoms with E-state index in [4.69, 9.17) is 14.2 Å². The van der Waals surface area contributed by atoms with Gasteiger partial charge in [0.2, 0.25) is 0 Å². The SMILES string of the molecule is CNc1cc(N(CCOC)C(C)COC)nc(COC)n1. The maximum atomic E-state index is 5.25. The monoisotopic (exact) mass is 298 g/mol. The highest BCUT2D eigenvalue weighted by Crippen LogP contribution is 2.18. The Morgan fingerprint density at radius 3 is 2.52 bits per heavy atom. The topological polar surface area (TPSA) is 68.7 Å². The third kappa shape index (κ3) is 5.45. The van der Waals surface area contributed by atoms with Gasteiger partial charge in [0.1, 0.15) is 18.2 Å². The third-order valence-corrected chi connectivity index (χ3v) is 3.06. The van der Waals surface area contributed by atoms with Crippen LogP contribution in [0.3, 0.4) is 0 Å². The Kier molecular flexibility index (Phi) is 7.96. The summed E-state index contributed by atoms with van der Waals surface area (Å²) < 4.78 is 15.6. The molecule has 0 radical (unpaired) electrons. The quantitative estimate of drug-likeness (QED) is 0.695. The molecule has 0 fully saturated rings. The Morgan fingerprint density at radius 1 is 1.19 bits per heavy atom. The van der Waals surface area contributed by atoms with Crippen molar-refractivity contribution < 1.29 is 14.2 Å². The second kappa shape index (κ2) is 9.49. The first-order valence-electron chi connectivity index (χ1n) is 6.95. The number of hydrogen-bond acceptors (Lipinski definition) is 7. The first-order valence-corrected chi connectivity index (χ1v) is 6.95. The molecule has 7 heteroatoms. The highest BCUT2D eigenvalue weighted by Gasteiger charge is 2.17. The average molecular weight is 298 g/mol. The van der Waals surface area contributed by atoms with Gasteiger partial charge in [0.15, 0.2) is 5.82 Å². The number of methoxy groups -OCH3 is 3. The Bertz CT molecular complexity index is 417. The molecule has 0 amide bonds. The average Bonchev–Trinajstić information content (AvgIpc) is 2.48. The normalized spacial score (nSPS) is 12.2. The fraction of sp³-hybridized carbons (Fsp3) is 0.714. The lowest BCUT2D eigenvalue weighted by molar-refractivity contribution is 0.169. The highest BCUT2D eigenvalue weighted by molar-refractivity contribution is 5.49. The van der Waals surface area contributed by atoms with E-state index < -0.39 is 0 Å². The van der Waals surface area contributed by atoms with Gasteiger partial charge < -0.3 is 24.4 Å². The van der Waals surface area contributed by atoms with Crippen LogP contribution < -0.4 is 10.2 Å². The molecule has 120 valence electrons. The molecular formula is C14H26N4O3. The van der Waals surface area contributed by atoms with E-state index >= 15 is 0 Å². The summed E-state index contributed by atoms with van der Waals surface area (Å²) in [4.78, 5) is 11.1. The zero-order chi connectivity index (χ0) is 15.7. The standard InChI is InChI=1S/C14H26N4O3/c1-11(9-20-4)18(6-7-19-3)14-8-12(15-2)16-13(17-14)10-21-5/h8,11H,6-7,9-10H2,1-5H3,(H,15,16,17). The Labute approximate surface area is 126 Å². The Hall–Kier alpha value is -1.44. The van der Waals surface area contributed by atoms with Crippen molar-refractivity contribution in [2.24, 2.45) is 0 Å². The van der Waals surface area contributed by atoms with Crippen molar-refractivity contribution in [3.8, 4) is 0 Å². The summed E-state index contributed by atoms with van der Waals surface area (Å²) in [6.45, 7) is 4.43. The number of nitrogens with zero attached hydrogens (tertiary/aromatic N) is 3. The molecule has 0 saturated carbocycles. The molecular weight excluding hydrogens is 272 g/mol. The zero-order valence-electron chi connectivity index (χ0n) is 13.5. The molecule has 1 aromatic rings. The van der Waals surface area contributed by atoms with Gasteiger partial charge in [0.25, 0.3) is 0 Å². The van der Waals surface area contributed by atoms with E-state index in [2.05, 4.69) is 27.1 Å². The summed E-state index contributed by atoms with van der Waals surface area (Å²) in [5.41, 5.74) is 0. The van der Waals surface area contributed by atoms with Crippen LogP contribution in [0.5, 0.6) is 0 Å². The minimum atomic E-state index is 0.181. The van der Waals surface area contributed by atoms with E-state index in [0.29, 0.717) is 25.6 Å². The summed E-state index contributed by atoms with van der Waals surface area (Å²) in [5.74, 6) is 2.24. The number of nitrogens with one attached hydrogen (secondary N) is 1.